The van der Waals surface area contributed by atoms with Crippen molar-refractivity contribution >= 4 is 34.9 Å². The Hall–Kier alpha value is -6.88. The quantitative estimate of drug-likeness (QED) is 0.0369. The molecule has 2 heterocycles. The van der Waals surface area contributed by atoms with Crippen LogP contribution in [0.5, 0.6) is 23.0 Å². The Morgan fingerprint density at radius 1 is 0.587 bits per heavy atom. The SMILES string of the molecule is C=C(C)C(=O)OCCCCCCOc1ccc(-c2cc(-c3ccc(OC)cc3)c(/N=C3\N=C(c4ccc(OCCCCCCOC(C)=O)cc4)C=C3c3ccc(OC)cc3)[nH]2)cc1. The number of allylic oxidation sites excluding steroid dienone is 1. The molecule has 11 heteroatoms. The van der Waals surface area contributed by atoms with E-state index in [0.717, 1.165) is 119 Å². The average molecular weight is 852 g/mol. The molecular formula is C52H57N3O8. The summed E-state index contributed by atoms with van der Waals surface area (Å²) >= 11 is 0. The fraction of sp³-hybridized carbons (Fsp3) is 0.308. The number of H-pyrrole nitrogens is 1. The van der Waals surface area contributed by atoms with Crippen molar-refractivity contribution in [2.24, 2.45) is 9.98 Å². The molecule has 0 bridgehead atoms. The van der Waals surface area contributed by atoms with Crippen molar-refractivity contribution in [3.8, 4) is 45.4 Å². The summed E-state index contributed by atoms with van der Waals surface area (Å²) in [5.41, 5.74) is 7.75. The third kappa shape index (κ3) is 13.6. The fourth-order valence-corrected chi connectivity index (χ4v) is 6.86. The molecule has 0 saturated carbocycles. The number of hydrogen-bond donors (Lipinski definition) is 1. The summed E-state index contributed by atoms with van der Waals surface area (Å²) < 4.78 is 33.2. The van der Waals surface area contributed by atoms with Crippen LogP contribution < -0.4 is 18.9 Å². The van der Waals surface area contributed by atoms with E-state index < -0.39 is 0 Å². The summed E-state index contributed by atoms with van der Waals surface area (Å²) in [6.45, 7) is 8.78. The average Bonchev–Trinajstić information content (AvgIpc) is 3.93. The summed E-state index contributed by atoms with van der Waals surface area (Å²) in [6, 6.07) is 34.0. The van der Waals surface area contributed by atoms with Gasteiger partial charge in [0.05, 0.1) is 46.4 Å². The highest BCUT2D eigenvalue weighted by atomic mass is 16.5. The third-order valence-electron chi connectivity index (χ3n) is 10.4. The summed E-state index contributed by atoms with van der Waals surface area (Å²) in [7, 11) is 3.31. The largest absolute Gasteiger partial charge is 0.497 e. The van der Waals surface area contributed by atoms with Crippen LogP contribution in [-0.2, 0) is 19.1 Å². The lowest BCUT2D eigenvalue weighted by Gasteiger charge is -2.07. The van der Waals surface area contributed by atoms with E-state index in [1.54, 1.807) is 21.1 Å². The topological polar surface area (TPSA) is 130 Å². The molecule has 0 fully saturated rings. The van der Waals surface area contributed by atoms with Crippen LogP contribution >= 0.6 is 0 Å². The van der Waals surface area contributed by atoms with Crippen LogP contribution in [0.3, 0.4) is 0 Å². The maximum atomic E-state index is 11.5. The number of amidine groups is 1. The zero-order valence-electron chi connectivity index (χ0n) is 36.7. The van der Waals surface area contributed by atoms with Crippen molar-refractivity contribution < 1.29 is 38.0 Å². The molecule has 0 aliphatic carbocycles. The fourth-order valence-electron chi connectivity index (χ4n) is 6.86. The summed E-state index contributed by atoms with van der Waals surface area (Å²) in [5.74, 6) is 3.78. The van der Waals surface area contributed by atoms with Gasteiger partial charge in [-0.15, -0.1) is 0 Å². The Morgan fingerprint density at radius 3 is 1.59 bits per heavy atom. The van der Waals surface area contributed by atoms with Crippen molar-refractivity contribution in [3.63, 3.8) is 0 Å². The van der Waals surface area contributed by atoms with Crippen LogP contribution in [0.1, 0.15) is 76.3 Å². The number of aliphatic imine (C=N–C) groups is 2. The van der Waals surface area contributed by atoms with Gasteiger partial charge in [-0.3, -0.25) is 4.79 Å². The van der Waals surface area contributed by atoms with Gasteiger partial charge in [0, 0.05) is 34.9 Å². The number of carbonyl (C=O) groups is 2. The van der Waals surface area contributed by atoms with Crippen LogP contribution in [0.2, 0.25) is 0 Å². The Kier molecular flexibility index (Phi) is 16.9. The minimum Gasteiger partial charge on any atom is -0.497 e. The van der Waals surface area contributed by atoms with Gasteiger partial charge in [-0.05, 0) is 160 Å². The molecule has 5 aromatic rings. The molecule has 4 aromatic carbocycles. The minimum absolute atomic E-state index is 0.237. The number of nitrogens with zero attached hydrogens (tertiary/aromatic N) is 2. The van der Waals surface area contributed by atoms with Crippen molar-refractivity contribution in [1.82, 2.24) is 4.98 Å². The number of unbranched alkanes of at least 4 members (excludes halogenated alkanes) is 6. The number of carbonyl (C=O) groups excluding carboxylic acids is 2. The van der Waals surface area contributed by atoms with E-state index in [-0.39, 0.29) is 11.9 Å². The minimum atomic E-state index is -0.337. The van der Waals surface area contributed by atoms with Gasteiger partial charge in [0.2, 0.25) is 0 Å². The number of nitrogens with one attached hydrogen (secondary N) is 1. The first-order valence-electron chi connectivity index (χ1n) is 21.5. The van der Waals surface area contributed by atoms with E-state index >= 15 is 0 Å². The third-order valence-corrected chi connectivity index (χ3v) is 10.4. The van der Waals surface area contributed by atoms with Crippen LogP contribution in [0.4, 0.5) is 5.82 Å². The van der Waals surface area contributed by atoms with E-state index in [4.69, 9.17) is 38.4 Å². The zero-order chi connectivity index (χ0) is 44.4. The number of ether oxygens (including phenoxy) is 6. The normalized spacial score (nSPS) is 12.7. The Labute approximate surface area is 370 Å². The maximum absolute atomic E-state index is 11.5. The molecule has 1 aromatic heterocycles. The van der Waals surface area contributed by atoms with Gasteiger partial charge >= 0.3 is 11.9 Å². The maximum Gasteiger partial charge on any atom is 0.333 e. The predicted octanol–water partition coefficient (Wildman–Crippen LogP) is 11.5. The van der Waals surface area contributed by atoms with Gasteiger partial charge in [-0.25, -0.2) is 14.8 Å². The molecule has 328 valence electrons. The second-order valence-electron chi connectivity index (χ2n) is 15.2. The van der Waals surface area contributed by atoms with Crippen LogP contribution in [0.25, 0.3) is 28.0 Å². The second kappa shape index (κ2) is 23.4. The molecule has 1 N–H and O–H groups in total. The Balaban J connectivity index is 1.19. The molecule has 0 spiro atoms. The number of esters is 2. The smallest absolute Gasteiger partial charge is 0.333 e. The first-order chi connectivity index (χ1) is 30.7. The number of hydrogen-bond acceptors (Lipinski definition) is 9. The number of aromatic amines is 1. The molecule has 11 nitrogen and oxygen atoms in total. The molecule has 1 aliphatic rings. The zero-order valence-corrected chi connectivity index (χ0v) is 36.7. The lowest BCUT2D eigenvalue weighted by Crippen LogP contribution is -2.06. The molecule has 0 unspecified atom stereocenters. The van der Waals surface area contributed by atoms with Crippen molar-refractivity contribution in [2.45, 2.75) is 65.2 Å². The predicted molar refractivity (Wildman–Crippen MR) is 250 cm³/mol. The lowest BCUT2D eigenvalue weighted by molar-refractivity contribution is -0.141. The molecule has 6 rings (SSSR count). The van der Waals surface area contributed by atoms with E-state index in [0.29, 0.717) is 43.7 Å². The van der Waals surface area contributed by atoms with Crippen molar-refractivity contribution in [2.75, 3.05) is 40.6 Å². The van der Waals surface area contributed by atoms with Gasteiger partial charge in [0.15, 0.2) is 5.84 Å². The summed E-state index contributed by atoms with van der Waals surface area (Å²) in [5, 5.41) is 0. The lowest BCUT2D eigenvalue weighted by atomic mass is 10.0. The van der Waals surface area contributed by atoms with E-state index in [1.165, 1.54) is 6.92 Å². The number of benzene rings is 4. The van der Waals surface area contributed by atoms with Crippen LogP contribution in [0, 0.1) is 0 Å². The molecule has 0 amide bonds. The highest BCUT2D eigenvalue weighted by Crippen LogP contribution is 2.38. The van der Waals surface area contributed by atoms with Crippen molar-refractivity contribution in [1.29, 1.82) is 0 Å². The number of methoxy groups -OCH3 is 2. The molecule has 63 heavy (non-hydrogen) atoms. The van der Waals surface area contributed by atoms with Crippen LogP contribution in [0.15, 0.2) is 131 Å². The summed E-state index contributed by atoms with van der Waals surface area (Å²) in [6.07, 6.45) is 9.50. The van der Waals surface area contributed by atoms with Gasteiger partial charge in [-0.2, -0.15) is 0 Å². The van der Waals surface area contributed by atoms with Gasteiger partial charge < -0.3 is 33.4 Å². The van der Waals surface area contributed by atoms with E-state index in [9.17, 15) is 9.59 Å². The monoisotopic (exact) mass is 851 g/mol. The molecule has 0 saturated heterocycles. The van der Waals surface area contributed by atoms with Crippen molar-refractivity contribution in [3.05, 3.63) is 132 Å². The second-order valence-corrected chi connectivity index (χ2v) is 15.2. The number of aromatic nitrogens is 1. The standard InChI is InChI=1S/C52H57N3O8/c1-36(2)52(57)63-33-13-9-8-12-32-62-45-28-20-41(21-29-45)49-35-47(39-16-24-43(59-5)25-17-39)51(54-49)55-50-46(38-14-22-42(58-4)23-15-38)34-48(53-50)40-18-26-44(27-19-40)61-31-11-7-6-10-30-60-37(3)56/h14-29,34-35,54H,1,6-13,30-33H2,2-5H3/b55-50-. The molecule has 1 aliphatic heterocycles. The highest BCUT2D eigenvalue weighted by Gasteiger charge is 2.22. The molecule has 0 atom stereocenters. The molecular weight excluding hydrogens is 795 g/mol. The first-order valence-corrected chi connectivity index (χ1v) is 21.5. The van der Waals surface area contributed by atoms with Gasteiger partial charge in [0.1, 0.15) is 28.8 Å². The Bertz CT molecular complexity index is 2380. The first kappa shape index (κ1) is 45.6. The van der Waals surface area contributed by atoms with E-state index in [1.807, 2.05) is 97.1 Å². The van der Waals surface area contributed by atoms with Crippen LogP contribution in [-0.4, -0.2) is 69.1 Å². The summed E-state index contributed by atoms with van der Waals surface area (Å²) in [4.78, 5) is 36.5. The number of rotatable bonds is 24. The van der Waals surface area contributed by atoms with Gasteiger partial charge in [0.25, 0.3) is 0 Å². The molecule has 0 radical (unpaired) electrons. The van der Waals surface area contributed by atoms with Gasteiger partial charge in [-0.1, -0.05) is 30.8 Å². The highest BCUT2D eigenvalue weighted by molar-refractivity contribution is 6.38. The Morgan fingerprint density at radius 2 is 1.06 bits per heavy atom. The van der Waals surface area contributed by atoms with E-state index in [2.05, 4.69) is 23.7 Å².